The quantitative estimate of drug-likeness (QED) is 0.296. The molecule has 164 valence electrons. The third-order valence-electron chi connectivity index (χ3n) is 4.43. The molecular weight excluding hydrogens is 496 g/mol. The van der Waals surface area contributed by atoms with E-state index in [4.69, 9.17) is 4.74 Å². The molecule has 4 rings (SSSR count). The van der Waals surface area contributed by atoms with Crippen LogP contribution in [0.5, 0.6) is 11.5 Å². The van der Waals surface area contributed by atoms with Gasteiger partial charge in [-0.25, -0.2) is 18.4 Å². The van der Waals surface area contributed by atoms with Crippen LogP contribution in [0, 0.1) is 0 Å². The molecule has 0 spiro atoms. The summed E-state index contributed by atoms with van der Waals surface area (Å²) in [6, 6.07) is 18.2. The number of benzene rings is 3. The Labute approximate surface area is 193 Å². The lowest BCUT2D eigenvalue weighted by Gasteiger charge is -2.16. The SMILES string of the molecule is CCOc1ccc(Br)cc1S(=O)(=O)Nc1nc2ccccc2nc1Nc1ccc(O)cc1. The number of phenols is 1. The van der Waals surface area contributed by atoms with E-state index in [1.165, 1.54) is 18.2 Å². The lowest BCUT2D eigenvalue weighted by Crippen LogP contribution is -2.17. The topological polar surface area (TPSA) is 113 Å². The summed E-state index contributed by atoms with van der Waals surface area (Å²) in [5, 5.41) is 12.6. The Kier molecular flexibility index (Phi) is 6.15. The van der Waals surface area contributed by atoms with Gasteiger partial charge in [-0.2, -0.15) is 0 Å². The highest BCUT2D eigenvalue weighted by atomic mass is 79.9. The third kappa shape index (κ3) is 4.76. The van der Waals surface area contributed by atoms with Gasteiger partial charge >= 0.3 is 0 Å². The normalized spacial score (nSPS) is 11.3. The number of anilines is 3. The van der Waals surface area contributed by atoms with Gasteiger partial charge in [-0.1, -0.05) is 28.1 Å². The van der Waals surface area contributed by atoms with Gasteiger partial charge in [0.15, 0.2) is 11.6 Å². The summed E-state index contributed by atoms with van der Waals surface area (Å²) in [6.45, 7) is 2.09. The van der Waals surface area contributed by atoms with Crippen LogP contribution in [-0.2, 0) is 10.0 Å². The Balaban J connectivity index is 1.79. The summed E-state index contributed by atoms with van der Waals surface area (Å²) in [6.07, 6.45) is 0. The first-order chi connectivity index (χ1) is 15.4. The molecule has 0 unspecified atom stereocenters. The Morgan fingerprint density at radius 3 is 2.28 bits per heavy atom. The number of nitrogens with one attached hydrogen (secondary N) is 2. The zero-order valence-electron chi connectivity index (χ0n) is 16.9. The van der Waals surface area contributed by atoms with Gasteiger partial charge in [0.05, 0.1) is 17.6 Å². The second-order valence-electron chi connectivity index (χ2n) is 6.71. The summed E-state index contributed by atoms with van der Waals surface area (Å²) in [4.78, 5) is 9.00. The highest BCUT2D eigenvalue weighted by Gasteiger charge is 2.23. The van der Waals surface area contributed by atoms with Gasteiger partial charge in [-0.05, 0) is 61.5 Å². The van der Waals surface area contributed by atoms with E-state index in [1.807, 2.05) is 6.07 Å². The number of sulfonamides is 1. The van der Waals surface area contributed by atoms with Crippen molar-refractivity contribution < 1.29 is 18.3 Å². The van der Waals surface area contributed by atoms with Crippen LogP contribution in [0.15, 0.2) is 76.1 Å². The zero-order valence-corrected chi connectivity index (χ0v) is 19.3. The van der Waals surface area contributed by atoms with Crippen molar-refractivity contribution in [2.45, 2.75) is 11.8 Å². The average molecular weight is 515 g/mol. The molecule has 0 fully saturated rings. The molecule has 32 heavy (non-hydrogen) atoms. The predicted octanol–water partition coefficient (Wildman–Crippen LogP) is 5.04. The van der Waals surface area contributed by atoms with Crippen LogP contribution in [0.4, 0.5) is 17.3 Å². The van der Waals surface area contributed by atoms with Gasteiger partial charge < -0.3 is 15.2 Å². The molecule has 1 heterocycles. The van der Waals surface area contributed by atoms with Crippen molar-refractivity contribution in [2.75, 3.05) is 16.6 Å². The number of fused-ring (bicyclic) bond motifs is 1. The Hall–Kier alpha value is -3.37. The molecule has 0 aliphatic carbocycles. The first-order valence-electron chi connectivity index (χ1n) is 9.64. The third-order valence-corrected chi connectivity index (χ3v) is 6.28. The number of halogens is 1. The number of aromatic nitrogens is 2. The molecule has 3 aromatic carbocycles. The molecule has 4 aromatic rings. The van der Waals surface area contributed by atoms with Crippen molar-refractivity contribution in [3.8, 4) is 11.5 Å². The maximum absolute atomic E-state index is 13.3. The van der Waals surface area contributed by atoms with Crippen molar-refractivity contribution in [1.29, 1.82) is 0 Å². The highest BCUT2D eigenvalue weighted by Crippen LogP contribution is 2.32. The van der Waals surface area contributed by atoms with Crippen LogP contribution in [0.1, 0.15) is 6.92 Å². The molecule has 3 N–H and O–H groups in total. The molecule has 0 aliphatic rings. The molecular formula is C22H19BrN4O4S. The smallest absolute Gasteiger partial charge is 0.266 e. The van der Waals surface area contributed by atoms with Gasteiger partial charge in [0.2, 0.25) is 0 Å². The molecule has 0 radical (unpaired) electrons. The fraction of sp³-hybridized carbons (Fsp3) is 0.0909. The van der Waals surface area contributed by atoms with Crippen LogP contribution in [0.25, 0.3) is 11.0 Å². The average Bonchev–Trinajstić information content (AvgIpc) is 2.77. The van der Waals surface area contributed by atoms with Crippen molar-refractivity contribution in [3.05, 3.63) is 71.2 Å². The van der Waals surface area contributed by atoms with Crippen LogP contribution in [0.3, 0.4) is 0 Å². The predicted molar refractivity (Wildman–Crippen MR) is 127 cm³/mol. The van der Waals surface area contributed by atoms with E-state index in [0.717, 1.165) is 0 Å². The van der Waals surface area contributed by atoms with E-state index >= 15 is 0 Å². The Bertz CT molecular complexity index is 1380. The largest absolute Gasteiger partial charge is 0.508 e. The molecule has 0 saturated carbocycles. The van der Waals surface area contributed by atoms with Crippen LogP contribution >= 0.6 is 15.9 Å². The number of hydrogen-bond acceptors (Lipinski definition) is 7. The first-order valence-corrected chi connectivity index (χ1v) is 11.9. The number of rotatable bonds is 7. The summed E-state index contributed by atoms with van der Waals surface area (Å²) in [5.74, 6) is 0.578. The van der Waals surface area contributed by atoms with E-state index in [-0.39, 0.29) is 28.0 Å². The summed E-state index contributed by atoms with van der Waals surface area (Å²) >= 11 is 3.31. The van der Waals surface area contributed by atoms with Crippen molar-refractivity contribution in [2.24, 2.45) is 0 Å². The van der Waals surface area contributed by atoms with E-state index in [0.29, 0.717) is 27.8 Å². The summed E-state index contributed by atoms with van der Waals surface area (Å²) in [7, 11) is -4.07. The number of hydrogen-bond donors (Lipinski definition) is 3. The number of ether oxygens (including phenoxy) is 1. The van der Waals surface area contributed by atoms with Crippen LogP contribution in [0.2, 0.25) is 0 Å². The molecule has 10 heteroatoms. The van der Waals surface area contributed by atoms with Crippen molar-refractivity contribution in [1.82, 2.24) is 9.97 Å². The Morgan fingerprint density at radius 2 is 1.62 bits per heavy atom. The van der Waals surface area contributed by atoms with Gasteiger partial charge in [0, 0.05) is 10.2 Å². The second-order valence-corrected chi connectivity index (χ2v) is 9.28. The molecule has 0 amide bonds. The molecule has 0 bridgehead atoms. The van der Waals surface area contributed by atoms with Gasteiger partial charge in [0.1, 0.15) is 16.4 Å². The molecule has 1 aromatic heterocycles. The standard InChI is InChI=1S/C22H19BrN4O4S/c1-2-31-19-12-7-14(23)13-20(19)32(29,30)27-22-21(24-15-8-10-16(28)11-9-15)25-17-5-3-4-6-18(17)26-22/h3-13,28H,2H2,1H3,(H,24,25)(H,26,27). The highest BCUT2D eigenvalue weighted by molar-refractivity contribution is 9.10. The lowest BCUT2D eigenvalue weighted by molar-refractivity contribution is 0.331. The molecule has 0 atom stereocenters. The number of phenolic OH excluding ortho intramolecular Hbond substituents is 1. The fourth-order valence-corrected chi connectivity index (χ4v) is 4.68. The monoisotopic (exact) mass is 514 g/mol. The summed E-state index contributed by atoms with van der Waals surface area (Å²) in [5.41, 5.74) is 1.72. The minimum atomic E-state index is -4.07. The maximum Gasteiger partial charge on any atom is 0.266 e. The maximum atomic E-state index is 13.3. The first kappa shape index (κ1) is 21.8. The molecule has 8 nitrogen and oxygen atoms in total. The van der Waals surface area contributed by atoms with E-state index < -0.39 is 10.0 Å². The summed E-state index contributed by atoms with van der Waals surface area (Å²) < 4.78 is 35.2. The van der Waals surface area contributed by atoms with E-state index in [9.17, 15) is 13.5 Å². The lowest BCUT2D eigenvalue weighted by atomic mass is 10.3. The van der Waals surface area contributed by atoms with Crippen molar-refractivity contribution >= 4 is 54.3 Å². The second kappa shape index (κ2) is 9.01. The number of aromatic hydroxyl groups is 1. The minimum Gasteiger partial charge on any atom is -0.508 e. The number of para-hydroxylation sites is 2. The number of nitrogens with zero attached hydrogens (tertiary/aromatic N) is 2. The van der Waals surface area contributed by atoms with Crippen LogP contribution < -0.4 is 14.8 Å². The van der Waals surface area contributed by atoms with E-state index in [1.54, 1.807) is 49.4 Å². The minimum absolute atomic E-state index is 0.0270. The fourth-order valence-electron chi connectivity index (χ4n) is 2.99. The zero-order chi connectivity index (χ0) is 22.7. The van der Waals surface area contributed by atoms with Gasteiger partial charge in [-0.15, -0.1) is 0 Å². The molecule has 0 aliphatic heterocycles. The van der Waals surface area contributed by atoms with Gasteiger partial charge in [-0.3, -0.25) is 4.72 Å². The van der Waals surface area contributed by atoms with Crippen LogP contribution in [-0.4, -0.2) is 30.1 Å². The molecule has 0 saturated heterocycles. The van der Waals surface area contributed by atoms with E-state index in [2.05, 4.69) is 35.9 Å². The van der Waals surface area contributed by atoms with Crippen molar-refractivity contribution in [3.63, 3.8) is 0 Å². The van der Waals surface area contributed by atoms with Gasteiger partial charge in [0.25, 0.3) is 10.0 Å². The Morgan fingerprint density at radius 1 is 0.969 bits per heavy atom.